The molecule has 2 fully saturated rings. The van der Waals surface area contributed by atoms with Crippen LogP contribution in [-0.4, -0.2) is 17.6 Å². The van der Waals surface area contributed by atoms with Gasteiger partial charge in [-0.1, -0.05) is 30.2 Å². The van der Waals surface area contributed by atoms with Crippen LogP contribution in [0.5, 0.6) is 0 Å². The van der Waals surface area contributed by atoms with Crippen LogP contribution < -0.4 is 5.32 Å². The molecule has 1 aromatic carbocycles. The fourth-order valence-electron chi connectivity index (χ4n) is 3.33. The van der Waals surface area contributed by atoms with Crippen molar-refractivity contribution in [2.24, 2.45) is 17.8 Å². The van der Waals surface area contributed by atoms with Crippen LogP contribution in [-0.2, 0) is 4.79 Å². The molecule has 1 amide bonds. The Morgan fingerprint density at radius 2 is 1.95 bits per heavy atom. The first kappa shape index (κ1) is 12.9. The second-order valence-electron chi connectivity index (χ2n) is 5.60. The van der Waals surface area contributed by atoms with Gasteiger partial charge in [0.25, 0.3) is 0 Å². The average Bonchev–Trinajstić information content (AvgIpc) is 2.89. The van der Waals surface area contributed by atoms with Crippen LogP contribution in [0.1, 0.15) is 30.9 Å². The van der Waals surface area contributed by atoms with Gasteiger partial charge in [-0.15, -0.1) is 0 Å². The SMILES string of the molecule is O=C(NCC(O)c1ccc(Cl)cc1)C1C2CCCC21. The van der Waals surface area contributed by atoms with E-state index in [1.807, 2.05) is 0 Å². The fraction of sp³-hybridized carbons (Fsp3) is 0.533. The number of aliphatic hydroxyl groups excluding tert-OH is 1. The lowest BCUT2D eigenvalue weighted by molar-refractivity contribution is -0.123. The smallest absolute Gasteiger partial charge is 0.223 e. The van der Waals surface area contributed by atoms with Crippen molar-refractivity contribution >= 4 is 17.5 Å². The summed E-state index contributed by atoms with van der Waals surface area (Å²) in [5, 5.41) is 13.5. The molecule has 0 bridgehead atoms. The number of carbonyl (C=O) groups excluding carboxylic acids is 1. The maximum atomic E-state index is 12.0. The molecule has 0 aromatic heterocycles. The van der Waals surface area contributed by atoms with E-state index in [4.69, 9.17) is 11.6 Å². The van der Waals surface area contributed by atoms with Gasteiger partial charge in [-0.3, -0.25) is 4.79 Å². The zero-order valence-electron chi connectivity index (χ0n) is 10.7. The topological polar surface area (TPSA) is 49.3 Å². The summed E-state index contributed by atoms with van der Waals surface area (Å²) in [6, 6.07) is 7.05. The van der Waals surface area contributed by atoms with Crippen LogP contribution >= 0.6 is 11.6 Å². The molecule has 0 radical (unpaired) electrons. The molecule has 3 rings (SSSR count). The maximum absolute atomic E-state index is 12.0. The third-order valence-corrected chi connectivity index (χ3v) is 4.69. The number of benzene rings is 1. The second-order valence-corrected chi connectivity index (χ2v) is 6.03. The molecule has 0 spiro atoms. The van der Waals surface area contributed by atoms with E-state index >= 15 is 0 Å². The van der Waals surface area contributed by atoms with Gasteiger partial charge < -0.3 is 10.4 Å². The Labute approximate surface area is 118 Å². The number of hydrogen-bond donors (Lipinski definition) is 2. The summed E-state index contributed by atoms with van der Waals surface area (Å²) in [7, 11) is 0. The molecule has 1 aromatic rings. The number of nitrogens with one attached hydrogen (secondary N) is 1. The van der Waals surface area contributed by atoms with E-state index < -0.39 is 6.10 Å². The largest absolute Gasteiger partial charge is 0.387 e. The van der Waals surface area contributed by atoms with E-state index in [1.54, 1.807) is 24.3 Å². The fourth-order valence-corrected chi connectivity index (χ4v) is 3.45. The van der Waals surface area contributed by atoms with Crippen LogP contribution in [0.2, 0.25) is 5.02 Å². The lowest BCUT2D eigenvalue weighted by atomic mass is 10.1. The summed E-state index contributed by atoms with van der Waals surface area (Å²) in [5.74, 6) is 1.56. The van der Waals surface area contributed by atoms with Gasteiger partial charge in [-0.2, -0.15) is 0 Å². The van der Waals surface area contributed by atoms with Gasteiger partial charge >= 0.3 is 0 Å². The molecule has 102 valence electrons. The molecule has 2 aliphatic rings. The highest BCUT2D eigenvalue weighted by Gasteiger charge is 2.56. The molecule has 0 aliphatic heterocycles. The van der Waals surface area contributed by atoms with Gasteiger partial charge in [0.1, 0.15) is 0 Å². The van der Waals surface area contributed by atoms with Gasteiger partial charge in [0, 0.05) is 17.5 Å². The van der Waals surface area contributed by atoms with E-state index in [2.05, 4.69) is 5.32 Å². The molecule has 0 saturated heterocycles. The summed E-state index contributed by atoms with van der Waals surface area (Å²) in [6.45, 7) is 0.274. The highest BCUT2D eigenvalue weighted by Crippen LogP contribution is 2.57. The van der Waals surface area contributed by atoms with Gasteiger partial charge in [-0.05, 0) is 42.4 Å². The monoisotopic (exact) mass is 279 g/mol. The molecule has 3 atom stereocenters. The van der Waals surface area contributed by atoms with Crippen molar-refractivity contribution in [2.45, 2.75) is 25.4 Å². The third-order valence-electron chi connectivity index (χ3n) is 4.43. The Morgan fingerprint density at radius 3 is 2.58 bits per heavy atom. The predicted molar refractivity (Wildman–Crippen MR) is 73.7 cm³/mol. The molecular weight excluding hydrogens is 262 g/mol. The van der Waals surface area contributed by atoms with Gasteiger partial charge in [0.2, 0.25) is 5.91 Å². The van der Waals surface area contributed by atoms with Crippen molar-refractivity contribution in [1.82, 2.24) is 5.32 Å². The average molecular weight is 280 g/mol. The number of fused-ring (bicyclic) bond motifs is 1. The first-order valence-electron chi connectivity index (χ1n) is 6.88. The Kier molecular flexibility index (Phi) is 3.50. The zero-order chi connectivity index (χ0) is 13.4. The summed E-state index contributed by atoms with van der Waals surface area (Å²) in [5.41, 5.74) is 0.778. The predicted octanol–water partition coefficient (Wildman–Crippen LogP) is 2.54. The van der Waals surface area contributed by atoms with E-state index in [0.717, 1.165) is 5.56 Å². The molecule has 2 aliphatic carbocycles. The molecule has 3 unspecified atom stereocenters. The Balaban J connectivity index is 1.49. The van der Waals surface area contributed by atoms with E-state index in [-0.39, 0.29) is 18.4 Å². The number of hydrogen-bond acceptors (Lipinski definition) is 2. The highest BCUT2D eigenvalue weighted by atomic mass is 35.5. The molecule has 2 saturated carbocycles. The first-order valence-corrected chi connectivity index (χ1v) is 7.26. The van der Waals surface area contributed by atoms with Crippen molar-refractivity contribution in [3.63, 3.8) is 0 Å². The Bertz CT molecular complexity index is 464. The Hall–Kier alpha value is -1.06. The van der Waals surface area contributed by atoms with Crippen LogP contribution in [0.25, 0.3) is 0 Å². The van der Waals surface area contributed by atoms with E-state index in [0.29, 0.717) is 16.9 Å². The van der Waals surface area contributed by atoms with Crippen molar-refractivity contribution in [2.75, 3.05) is 6.54 Å². The van der Waals surface area contributed by atoms with Gasteiger partial charge in [0.05, 0.1) is 6.10 Å². The Morgan fingerprint density at radius 1 is 1.32 bits per heavy atom. The van der Waals surface area contributed by atoms with E-state index in [1.165, 1.54) is 19.3 Å². The first-order chi connectivity index (χ1) is 9.16. The number of carbonyl (C=O) groups is 1. The summed E-state index contributed by atoms with van der Waals surface area (Å²) >= 11 is 5.80. The summed E-state index contributed by atoms with van der Waals surface area (Å²) in [4.78, 5) is 12.0. The molecule has 4 heteroatoms. The minimum Gasteiger partial charge on any atom is -0.387 e. The number of aliphatic hydroxyl groups is 1. The van der Waals surface area contributed by atoms with Crippen LogP contribution in [0.3, 0.4) is 0 Å². The lowest BCUT2D eigenvalue weighted by Gasteiger charge is -2.13. The molecule has 2 N–H and O–H groups in total. The van der Waals surface area contributed by atoms with Crippen molar-refractivity contribution in [3.8, 4) is 0 Å². The maximum Gasteiger partial charge on any atom is 0.223 e. The normalized spacial score (nSPS) is 29.7. The number of amides is 1. The zero-order valence-corrected chi connectivity index (χ0v) is 11.4. The summed E-state index contributed by atoms with van der Waals surface area (Å²) in [6.07, 6.45) is 3.00. The number of rotatable bonds is 4. The van der Waals surface area contributed by atoms with E-state index in [9.17, 15) is 9.90 Å². The second kappa shape index (κ2) is 5.14. The van der Waals surface area contributed by atoms with Crippen LogP contribution in [0.15, 0.2) is 24.3 Å². The van der Waals surface area contributed by atoms with Crippen molar-refractivity contribution in [1.29, 1.82) is 0 Å². The van der Waals surface area contributed by atoms with Crippen LogP contribution in [0, 0.1) is 17.8 Å². The van der Waals surface area contributed by atoms with Gasteiger partial charge in [0.15, 0.2) is 0 Å². The lowest BCUT2D eigenvalue weighted by Crippen LogP contribution is -2.30. The highest BCUT2D eigenvalue weighted by molar-refractivity contribution is 6.30. The molecule has 0 heterocycles. The molecule has 19 heavy (non-hydrogen) atoms. The summed E-state index contributed by atoms with van der Waals surface area (Å²) < 4.78 is 0. The van der Waals surface area contributed by atoms with Crippen molar-refractivity contribution in [3.05, 3.63) is 34.9 Å². The minimum atomic E-state index is -0.667. The van der Waals surface area contributed by atoms with Gasteiger partial charge in [-0.25, -0.2) is 0 Å². The number of halogens is 1. The quantitative estimate of drug-likeness (QED) is 0.890. The third kappa shape index (κ3) is 2.63. The van der Waals surface area contributed by atoms with Crippen LogP contribution in [0.4, 0.5) is 0 Å². The standard InChI is InChI=1S/C15H18ClNO2/c16-10-6-4-9(5-7-10)13(18)8-17-15(19)14-11-2-1-3-12(11)14/h4-7,11-14,18H,1-3,8H2,(H,17,19). The van der Waals surface area contributed by atoms with Crippen molar-refractivity contribution < 1.29 is 9.90 Å². The molecular formula is C15H18ClNO2. The minimum absolute atomic E-state index is 0.114. The molecule has 3 nitrogen and oxygen atoms in total.